The van der Waals surface area contributed by atoms with E-state index in [1.54, 1.807) is 0 Å². The van der Waals surface area contributed by atoms with Crippen molar-refractivity contribution < 1.29 is 4.74 Å². The average molecular weight is 194 g/mol. The Morgan fingerprint density at radius 1 is 1.21 bits per heavy atom. The fraction of sp³-hybridized carbons (Fsp3) is 0.636. The molecule has 0 N–H and O–H groups in total. The maximum atomic E-state index is 5.45. The molecule has 0 spiro atoms. The number of aryl methyl sites for hydroxylation is 1. The second kappa shape index (κ2) is 4.40. The van der Waals surface area contributed by atoms with E-state index in [1.807, 2.05) is 12.4 Å². The molecule has 14 heavy (non-hydrogen) atoms. The Morgan fingerprint density at radius 2 is 1.79 bits per heavy atom. The van der Waals surface area contributed by atoms with E-state index in [1.165, 1.54) is 0 Å². The zero-order valence-corrected chi connectivity index (χ0v) is 9.37. The highest BCUT2D eigenvalue weighted by molar-refractivity contribution is 5.06. The summed E-state index contributed by atoms with van der Waals surface area (Å²) in [5, 5.41) is 0. The van der Waals surface area contributed by atoms with Crippen molar-refractivity contribution in [2.24, 2.45) is 5.41 Å². The Morgan fingerprint density at radius 3 is 2.21 bits per heavy atom. The third-order valence-electron chi connectivity index (χ3n) is 1.72. The van der Waals surface area contributed by atoms with E-state index >= 15 is 0 Å². The van der Waals surface area contributed by atoms with Gasteiger partial charge in [-0.2, -0.15) is 0 Å². The standard InChI is InChI=1S/C11H18N2O/c1-5-9-6-12-10(13-7-9)14-8-11(2,3)4/h6-7H,5,8H2,1-4H3. The predicted octanol–water partition coefficient (Wildman–Crippen LogP) is 2.46. The monoisotopic (exact) mass is 194 g/mol. The Balaban J connectivity index is 2.52. The van der Waals surface area contributed by atoms with E-state index in [0.29, 0.717) is 12.6 Å². The third-order valence-corrected chi connectivity index (χ3v) is 1.72. The van der Waals surface area contributed by atoms with Crippen LogP contribution in [0.2, 0.25) is 0 Å². The maximum Gasteiger partial charge on any atom is 0.316 e. The first-order chi connectivity index (χ1) is 6.51. The van der Waals surface area contributed by atoms with Crippen LogP contribution in [-0.2, 0) is 6.42 Å². The normalized spacial score (nSPS) is 11.4. The van der Waals surface area contributed by atoms with Crippen LogP contribution in [0.5, 0.6) is 6.01 Å². The molecular formula is C11H18N2O. The van der Waals surface area contributed by atoms with Crippen LogP contribution in [0.4, 0.5) is 0 Å². The fourth-order valence-corrected chi connectivity index (χ4v) is 0.881. The molecule has 0 atom stereocenters. The van der Waals surface area contributed by atoms with Gasteiger partial charge in [-0.1, -0.05) is 27.7 Å². The third kappa shape index (κ3) is 3.73. The van der Waals surface area contributed by atoms with Gasteiger partial charge in [0.2, 0.25) is 0 Å². The summed E-state index contributed by atoms with van der Waals surface area (Å²) < 4.78 is 5.45. The molecule has 1 aromatic heterocycles. The van der Waals surface area contributed by atoms with Gasteiger partial charge in [-0.05, 0) is 17.4 Å². The Hall–Kier alpha value is -1.12. The Kier molecular flexibility index (Phi) is 3.44. The van der Waals surface area contributed by atoms with Crippen molar-refractivity contribution in [1.82, 2.24) is 9.97 Å². The first kappa shape index (κ1) is 11.0. The maximum absolute atomic E-state index is 5.45. The number of rotatable bonds is 3. The lowest BCUT2D eigenvalue weighted by atomic mass is 9.99. The van der Waals surface area contributed by atoms with Crippen molar-refractivity contribution in [1.29, 1.82) is 0 Å². The van der Waals surface area contributed by atoms with Crippen molar-refractivity contribution in [3.05, 3.63) is 18.0 Å². The highest BCUT2D eigenvalue weighted by Gasteiger charge is 2.11. The molecule has 0 aliphatic rings. The van der Waals surface area contributed by atoms with E-state index in [2.05, 4.69) is 37.7 Å². The minimum absolute atomic E-state index is 0.146. The molecule has 3 heteroatoms. The minimum atomic E-state index is 0.146. The van der Waals surface area contributed by atoms with E-state index in [9.17, 15) is 0 Å². The van der Waals surface area contributed by atoms with Crippen molar-refractivity contribution >= 4 is 0 Å². The lowest BCUT2D eigenvalue weighted by molar-refractivity contribution is 0.184. The van der Waals surface area contributed by atoms with Crippen LogP contribution in [0.25, 0.3) is 0 Å². The molecule has 0 bridgehead atoms. The molecule has 3 nitrogen and oxygen atoms in total. The van der Waals surface area contributed by atoms with Crippen LogP contribution in [0.1, 0.15) is 33.3 Å². The van der Waals surface area contributed by atoms with Crippen LogP contribution in [0, 0.1) is 5.41 Å². The summed E-state index contributed by atoms with van der Waals surface area (Å²) in [5.74, 6) is 0. The van der Waals surface area contributed by atoms with Crippen molar-refractivity contribution in [3.63, 3.8) is 0 Å². The number of hydrogen-bond acceptors (Lipinski definition) is 3. The molecule has 0 fully saturated rings. The van der Waals surface area contributed by atoms with Crippen LogP contribution < -0.4 is 4.74 Å². The van der Waals surface area contributed by atoms with E-state index < -0.39 is 0 Å². The van der Waals surface area contributed by atoms with Crippen LogP contribution >= 0.6 is 0 Å². The summed E-state index contributed by atoms with van der Waals surface area (Å²) in [6.07, 6.45) is 4.58. The topological polar surface area (TPSA) is 35.0 Å². The number of nitrogens with zero attached hydrogens (tertiary/aromatic N) is 2. The second-order valence-electron chi connectivity index (χ2n) is 4.58. The lowest BCUT2D eigenvalue weighted by Crippen LogP contribution is -2.17. The summed E-state index contributed by atoms with van der Waals surface area (Å²) >= 11 is 0. The highest BCUT2D eigenvalue weighted by Crippen LogP contribution is 2.14. The molecule has 1 rings (SSSR count). The quantitative estimate of drug-likeness (QED) is 0.741. The molecule has 1 aromatic rings. The van der Waals surface area contributed by atoms with Gasteiger partial charge in [0.15, 0.2) is 0 Å². The average Bonchev–Trinajstić information content (AvgIpc) is 2.14. The van der Waals surface area contributed by atoms with Crippen molar-refractivity contribution in [2.75, 3.05) is 6.61 Å². The summed E-state index contributed by atoms with van der Waals surface area (Å²) in [7, 11) is 0. The summed E-state index contributed by atoms with van der Waals surface area (Å²) in [6.45, 7) is 9.07. The molecule has 0 unspecified atom stereocenters. The molecule has 0 radical (unpaired) electrons. The first-order valence-corrected chi connectivity index (χ1v) is 4.95. The van der Waals surface area contributed by atoms with Gasteiger partial charge < -0.3 is 4.74 Å². The second-order valence-corrected chi connectivity index (χ2v) is 4.58. The molecule has 78 valence electrons. The number of hydrogen-bond donors (Lipinski definition) is 0. The zero-order valence-electron chi connectivity index (χ0n) is 9.37. The lowest BCUT2D eigenvalue weighted by Gasteiger charge is -2.17. The van der Waals surface area contributed by atoms with Gasteiger partial charge in [0, 0.05) is 12.4 Å². The van der Waals surface area contributed by atoms with Gasteiger partial charge in [0.1, 0.15) is 0 Å². The molecular weight excluding hydrogens is 176 g/mol. The van der Waals surface area contributed by atoms with E-state index in [0.717, 1.165) is 12.0 Å². The molecule has 0 amide bonds. The van der Waals surface area contributed by atoms with Gasteiger partial charge in [-0.25, -0.2) is 9.97 Å². The summed E-state index contributed by atoms with van der Waals surface area (Å²) in [4.78, 5) is 8.24. The number of ether oxygens (including phenoxy) is 1. The zero-order chi connectivity index (χ0) is 10.6. The van der Waals surface area contributed by atoms with Crippen LogP contribution in [0.3, 0.4) is 0 Å². The van der Waals surface area contributed by atoms with Gasteiger partial charge in [-0.15, -0.1) is 0 Å². The molecule has 0 saturated carbocycles. The fourth-order valence-electron chi connectivity index (χ4n) is 0.881. The van der Waals surface area contributed by atoms with E-state index in [4.69, 9.17) is 4.74 Å². The highest BCUT2D eigenvalue weighted by atomic mass is 16.5. The molecule has 0 saturated heterocycles. The van der Waals surface area contributed by atoms with Crippen LogP contribution in [0.15, 0.2) is 12.4 Å². The Bertz CT molecular complexity index is 274. The minimum Gasteiger partial charge on any atom is -0.463 e. The summed E-state index contributed by atoms with van der Waals surface area (Å²) in [5.41, 5.74) is 1.28. The predicted molar refractivity (Wildman–Crippen MR) is 56.4 cm³/mol. The van der Waals surface area contributed by atoms with Gasteiger partial charge in [-0.3, -0.25) is 0 Å². The number of aromatic nitrogens is 2. The van der Waals surface area contributed by atoms with Crippen LogP contribution in [-0.4, -0.2) is 16.6 Å². The summed E-state index contributed by atoms with van der Waals surface area (Å²) in [6, 6.07) is 0.470. The van der Waals surface area contributed by atoms with Crippen molar-refractivity contribution in [3.8, 4) is 6.01 Å². The van der Waals surface area contributed by atoms with Gasteiger partial charge in [0.25, 0.3) is 0 Å². The molecule has 1 heterocycles. The first-order valence-electron chi connectivity index (χ1n) is 4.95. The molecule has 0 aromatic carbocycles. The Labute approximate surface area is 85.5 Å². The molecule has 0 aliphatic carbocycles. The smallest absolute Gasteiger partial charge is 0.316 e. The largest absolute Gasteiger partial charge is 0.463 e. The van der Waals surface area contributed by atoms with Crippen molar-refractivity contribution in [2.45, 2.75) is 34.1 Å². The molecule has 0 aliphatic heterocycles. The van der Waals surface area contributed by atoms with Gasteiger partial charge in [0.05, 0.1) is 6.61 Å². The van der Waals surface area contributed by atoms with E-state index in [-0.39, 0.29) is 5.41 Å². The van der Waals surface area contributed by atoms with Gasteiger partial charge >= 0.3 is 6.01 Å². The SMILES string of the molecule is CCc1cnc(OCC(C)(C)C)nc1.